The molecule has 3 saturated heterocycles. The highest BCUT2D eigenvalue weighted by Gasteiger charge is 2.36. The number of aliphatic hydroxyl groups is 1. The minimum atomic E-state index is -3.99. The average molecular weight is 753 g/mol. The molecule has 3 aliphatic rings. The lowest BCUT2D eigenvalue weighted by molar-refractivity contribution is -0.253. The number of likely N-dealkylation sites (tertiary alicyclic amines) is 2. The number of aliphatic hydroxyl groups excluding tert-OH is 1. The van der Waals surface area contributed by atoms with E-state index in [-0.39, 0.29) is 30.1 Å². The van der Waals surface area contributed by atoms with Crippen LogP contribution < -0.4 is 10.0 Å². The summed E-state index contributed by atoms with van der Waals surface area (Å²) in [5.41, 5.74) is 4.89. The molecule has 54 heavy (non-hydrogen) atoms. The lowest BCUT2D eigenvalue weighted by Crippen LogP contribution is -2.45. The molecule has 4 aromatic rings. The Balaban J connectivity index is 1.10. The van der Waals surface area contributed by atoms with Crippen LogP contribution in [-0.2, 0) is 37.3 Å². The summed E-state index contributed by atoms with van der Waals surface area (Å²) in [5, 5.41) is 12.6. The number of rotatable bonds is 14. The Labute approximate surface area is 319 Å². The highest BCUT2D eigenvalue weighted by atomic mass is 32.2. The third kappa shape index (κ3) is 9.83. The predicted molar refractivity (Wildman–Crippen MR) is 209 cm³/mol. The molecule has 7 rings (SSSR count). The van der Waals surface area contributed by atoms with Crippen LogP contribution in [-0.4, -0.2) is 80.1 Å². The molecule has 0 saturated carbocycles. The van der Waals surface area contributed by atoms with E-state index in [2.05, 4.69) is 19.8 Å². The second-order valence-electron chi connectivity index (χ2n) is 14.9. The molecule has 10 nitrogen and oxygen atoms in total. The largest absolute Gasteiger partial charge is 0.392 e. The summed E-state index contributed by atoms with van der Waals surface area (Å²) in [7, 11) is -3.99. The van der Waals surface area contributed by atoms with E-state index in [1.807, 2.05) is 79.7 Å². The topological polar surface area (TPSA) is 120 Å². The fraction of sp³-hybridized carbons (Fsp3) is 0.419. The van der Waals surface area contributed by atoms with Crippen molar-refractivity contribution in [3.05, 3.63) is 131 Å². The molecule has 0 unspecified atom stereocenters. The van der Waals surface area contributed by atoms with Crippen LogP contribution in [0, 0.1) is 6.92 Å². The minimum absolute atomic E-state index is 0.0222. The maximum atomic E-state index is 13.9. The number of carbonyl (C=O) groups excluding carboxylic acids is 1. The van der Waals surface area contributed by atoms with Gasteiger partial charge in [0, 0.05) is 36.8 Å². The summed E-state index contributed by atoms with van der Waals surface area (Å²) in [6.45, 7) is 7.21. The molecule has 0 spiro atoms. The molecule has 11 heteroatoms. The van der Waals surface area contributed by atoms with E-state index in [1.165, 1.54) is 38.8 Å². The van der Waals surface area contributed by atoms with E-state index in [0.29, 0.717) is 18.2 Å². The third-order valence-electron chi connectivity index (χ3n) is 10.9. The average Bonchev–Trinajstić information content (AvgIpc) is 3.87. The number of benzene rings is 4. The van der Waals surface area contributed by atoms with Gasteiger partial charge < -0.3 is 24.8 Å². The molecule has 0 radical (unpaired) electrons. The smallest absolute Gasteiger partial charge is 0.242 e. The Morgan fingerprint density at radius 2 is 1.59 bits per heavy atom. The fourth-order valence-corrected chi connectivity index (χ4v) is 9.10. The van der Waals surface area contributed by atoms with Gasteiger partial charge in [0.05, 0.1) is 23.7 Å². The first-order chi connectivity index (χ1) is 26.2. The maximum Gasteiger partial charge on any atom is 0.242 e. The summed E-state index contributed by atoms with van der Waals surface area (Å²) >= 11 is 0. The van der Waals surface area contributed by atoms with Crippen molar-refractivity contribution >= 4 is 21.6 Å². The number of nitrogens with one attached hydrogen (secondary N) is 2. The molecule has 286 valence electrons. The van der Waals surface area contributed by atoms with Crippen molar-refractivity contribution in [1.82, 2.24) is 14.5 Å². The number of carbonyl (C=O) groups is 1. The summed E-state index contributed by atoms with van der Waals surface area (Å²) in [6, 6.07) is 30.7. The van der Waals surface area contributed by atoms with Crippen molar-refractivity contribution in [2.75, 3.05) is 38.0 Å². The quantitative estimate of drug-likeness (QED) is 0.141. The van der Waals surface area contributed by atoms with Crippen LogP contribution in [0.2, 0.25) is 0 Å². The van der Waals surface area contributed by atoms with Crippen LogP contribution in [0.5, 0.6) is 0 Å². The summed E-state index contributed by atoms with van der Waals surface area (Å²) < 4.78 is 43.0. The van der Waals surface area contributed by atoms with Gasteiger partial charge >= 0.3 is 0 Å². The predicted octanol–water partition coefficient (Wildman–Crippen LogP) is 6.12. The molecule has 5 atom stereocenters. The molecular weight excluding hydrogens is 701 g/mol. The van der Waals surface area contributed by atoms with E-state index in [9.17, 15) is 18.3 Å². The normalized spacial score (nSPS) is 23.0. The number of hydrogen-bond acceptors (Lipinski definition) is 8. The third-order valence-corrected chi connectivity index (χ3v) is 12.4. The Morgan fingerprint density at radius 3 is 2.33 bits per heavy atom. The van der Waals surface area contributed by atoms with Crippen LogP contribution in [0.3, 0.4) is 0 Å². The van der Waals surface area contributed by atoms with E-state index < -0.39 is 28.3 Å². The van der Waals surface area contributed by atoms with Gasteiger partial charge in [-0.1, -0.05) is 84.4 Å². The lowest BCUT2D eigenvalue weighted by Gasteiger charge is -2.39. The van der Waals surface area contributed by atoms with Crippen molar-refractivity contribution in [3.63, 3.8) is 0 Å². The number of hydrogen-bond donors (Lipinski definition) is 3. The molecule has 0 bridgehead atoms. The number of anilines is 1. The summed E-state index contributed by atoms with van der Waals surface area (Å²) in [6.07, 6.45) is 4.80. The van der Waals surface area contributed by atoms with Crippen molar-refractivity contribution in [3.8, 4) is 0 Å². The zero-order valence-corrected chi connectivity index (χ0v) is 31.8. The molecule has 3 heterocycles. The van der Waals surface area contributed by atoms with E-state index in [4.69, 9.17) is 9.47 Å². The Kier molecular flexibility index (Phi) is 12.6. The van der Waals surface area contributed by atoms with E-state index in [0.717, 1.165) is 47.5 Å². The highest BCUT2D eigenvalue weighted by Crippen LogP contribution is 2.39. The van der Waals surface area contributed by atoms with Gasteiger partial charge in [0.1, 0.15) is 6.04 Å². The minimum Gasteiger partial charge on any atom is -0.392 e. The van der Waals surface area contributed by atoms with Gasteiger partial charge in [0.15, 0.2) is 6.29 Å². The van der Waals surface area contributed by atoms with Crippen molar-refractivity contribution in [2.24, 2.45) is 0 Å². The van der Waals surface area contributed by atoms with E-state index in [1.54, 1.807) is 30.3 Å². The van der Waals surface area contributed by atoms with E-state index >= 15 is 0 Å². The van der Waals surface area contributed by atoms with Crippen LogP contribution in [0.15, 0.2) is 108 Å². The lowest BCUT2D eigenvalue weighted by atomic mass is 9.99. The van der Waals surface area contributed by atoms with Crippen molar-refractivity contribution < 1.29 is 27.8 Å². The Bertz CT molecular complexity index is 1940. The van der Waals surface area contributed by atoms with Crippen molar-refractivity contribution in [2.45, 2.75) is 87.5 Å². The first-order valence-electron chi connectivity index (χ1n) is 19.2. The number of nitrogens with zero attached hydrogens (tertiary/aromatic N) is 2. The monoisotopic (exact) mass is 752 g/mol. The SMILES string of the molecule is Cc1ccc(S(=O)(=O)N[C@H](Cc2ccccc2)C(=O)Nc2cccc([C@@H]3O[C@H](CN4CCC[C@H]4CN4CCCC4)C[C@H](c4ccc(CO)cc4)O3)c2)cc1. The Hall–Kier alpha value is -3.94. The number of ether oxygens (including phenoxy) is 2. The molecule has 1 amide bonds. The van der Waals surface area contributed by atoms with Gasteiger partial charge in [-0.05, 0) is 99.6 Å². The van der Waals surface area contributed by atoms with Crippen LogP contribution >= 0.6 is 0 Å². The first-order valence-corrected chi connectivity index (χ1v) is 20.7. The molecule has 3 N–H and O–H groups in total. The van der Waals surface area contributed by atoms with Crippen LogP contribution in [0.25, 0.3) is 0 Å². The van der Waals surface area contributed by atoms with Crippen molar-refractivity contribution in [1.29, 1.82) is 0 Å². The second kappa shape index (κ2) is 17.7. The molecule has 3 aliphatic heterocycles. The van der Waals surface area contributed by atoms with Gasteiger partial charge in [-0.25, -0.2) is 8.42 Å². The molecule has 0 aromatic heterocycles. The standard InChI is InChI=1S/C43H52N4O6S/c1-31-14-20-39(21-15-31)54(50,51)45-40(25-32-9-3-2-4-10-32)42(49)44-36-12-7-11-35(26-36)43-52-38(27-41(53-43)34-18-16-33(30-48)17-19-34)29-47-24-8-13-37(47)28-46-22-5-6-23-46/h2-4,7,9-12,14-21,26,37-38,40-41,43,45,48H,5-6,8,13,22-25,27-30H2,1H3,(H,44,49)/t37-,38-,40+,41+,43+/m0/s1. The number of aryl methyl sites for hydroxylation is 1. The summed E-state index contributed by atoms with van der Waals surface area (Å²) in [5.74, 6) is -0.477. The highest BCUT2D eigenvalue weighted by molar-refractivity contribution is 7.89. The fourth-order valence-electron chi connectivity index (χ4n) is 7.90. The molecule has 3 fully saturated rings. The number of sulfonamides is 1. The second-order valence-corrected chi connectivity index (χ2v) is 16.7. The van der Waals surface area contributed by atoms with Crippen LogP contribution in [0.1, 0.15) is 72.3 Å². The summed E-state index contributed by atoms with van der Waals surface area (Å²) in [4.78, 5) is 19.2. The molecular formula is C43H52N4O6S. The van der Waals surface area contributed by atoms with Gasteiger partial charge in [-0.3, -0.25) is 9.69 Å². The zero-order chi connectivity index (χ0) is 37.5. The Morgan fingerprint density at radius 1 is 0.833 bits per heavy atom. The van der Waals surface area contributed by atoms with Gasteiger partial charge in [0.25, 0.3) is 0 Å². The first kappa shape index (κ1) is 38.3. The maximum absolute atomic E-state index is 13.9. The molecule has 0 aliphatic carbocycles. The van der Waals surface area contributed by atoms with Gasteiger partial charge in [-0.15, -0.1) is 0 Å². The van der Waals surface area contributed by atoms with Gasteiger partial charge in [-0.2, -0.15) is 4.72 Å². The van der Waals surface area contributed by atoms with Gasteiger partial charge in [0.2, 0.25) is 15.9 Å². The van der Waals surface area contributed by atoms with Crippen LogP contribution in [0.4, 0.5) is 5.69 Å². The zero-order valence-electron chi connectivity index (χ0n) is 31.0. The number of amides is 1. The molecule has 4 aromatic carbocycles.